The predicted octanol–water partition coefficient (Wildman–Crippen LogP) is 3.53. The average Bonchev–Trinajstić information content (AvgIpc) is 2.15. The summed E-state index contributed by atoms with van der Waals surface area (Å²) in [5.41, 5.74) is 3.26. The van der Waals surface area contributed by atoms with E-state index in [9.17, 15) is 0 Å². The van der Waals surface area contributed by atoms with E-state index >= 15 is 0 Å². The molecule has 94 valence electrons. The van der Waals surface area contributed by atoms with Crippen molar-refractivity contribution in [3.05, 3.63) is 36.6 Å². The molecule has 0 amide bonds. The molecule has 0 unspecified atom stereocenters. The van der Waals surface area contributed by atoms with Gasteiger partial charge in [-0.15, -0.1) is 0 Å². The maximum atomic E-state index is 5.49. The summed E-state index contributed by atoms with van der Waals surface area (Å²) in [6, 6.07) is 0. The fraction of sp³-hybridized carbons (Fsp3) is 0.571. The molecule has 0 radical (unpaired) electrons. The van der Waals surface area contributed by atoms with Gasteiger partial charge in [0.1, 0.15) is 0 Å². The van der Waals surface area contributed by atoms with Crippen molar-refractivity contribution in [1.82, 2.24) is 5.32 Å². The Bertz CT molecular complexity index is 259. The normalized spacial score (nSPS) is 10.2. The summed E-state index contributed by atoms with van der Waals surface area (Å²) in [7, 11) is 0. The van der Waals surface area contributed by atoms with Crippen LogP contribution in [-0.4, -0.2) is 19.8 Å². The zero-order valence-electron chi connectivity index (χ0n) is 10.9. The zero-order chi connectivity index (χ0) is 12.6. The molecule has 0 aliphatic heterocycles. The molecule has 0 aliphatic rings. The van der Waals surface area contributed by atoms with E-state index in [1.807, 2.05) is 6.92 Å². The number of rotatable bonds is 9. The standard InChI is InChI=1S/C14H25NO.H2/c1-11(2)9-14(6)15-7-8-16-10-13(5)12(3)4;/h12,15H,1,5-10H2,2-4H3;1H. The highest BCUT2D eigenvalue weighted by molar-refractivity contribution is 5.05. The second kappa shape index (κ2) is 8.17. The molecule has 0 aliphatic carbocycles. The summed E-state index contributed by atoms with van der Waals surface area (Å²) < 4.78 is 5.49. The van der Waals surface area contributed by atoms with E-state index in [0.29, 0.717) is 19.1 Å². The van der Waals surface area contributed by atoms with Crippen LogP contribution >= 0.6 is 0 Å². The predicted molar refractivity (Wildman–Crippen MR) is 73.5 cm³/mol. The molecular weight excluding hydrogens is 198 g/mol. The van der Waals surface area contributed by atoms with Crippen molar-refractivity contribution >= 4 is 0 Å². The number of nitrogens with one attached hydrogen (secondary N) is 1. The van der Waals surface area contributed by atoms with Crippen molar-refractivity contribution in [3.8, 4) is 0 Å². The van der Waals surface area contributed by atoms with Gasteiger partial charge in [-0.3, -0.25) is 0 Å². The molecule has 0 bridgehead atoms. The van der Waals surface area contributed by atoms with E-state index in [2.05, 4.69) is 38.9 Å². The maximum absolute atomic E-state index is 5.49. The first kappa shape index (κ1) is 15.0. The van der Waals surface area contributed by atoms with Gasteiger partial charge in [0.15, 0.2) is 0 Å². The monoisotopic (exact) mass is 225 g/mol. The first-order chi connectivity index (χ1) is 7.43. The molecule has 0 aromatic carbocycles. The first-order valence-electron chi connectivity index (χ1n) is 5.75. The van der Waals surface area contributed by atoms with Gasteiger partial charge in [-0.1, -0.05) is 39.2 Å². The summed E-state index contributed by atoms with van der Waals surface area (Å²) in [4.78, 5) is 0. The summed E-state index contributed by atoms with van der Waals surface area (Å²) in [5, 5.41) is 3.21. The molecule has 2 nitrogen and oxygen atoms in total. The number of hydrogen-bond donors (Lipinski definition) is 1. The summed E-state index contributed by atoms with van der Waals surface area (Å²) in [6.45, 7) is 20.1. The van der Waals surface area contributed by atoms with Gasteiger partial charge in [0.05, 0.1) is 13.2 Å². The third-order valence-corrected chi connectivity index (χ3v) is 2.24. The number of ether oxygens (including phenoxy) is 1. The van der Waals surface area contributed by atoms with Crippen molar-refractivity contribution in [2.45, 2.75) is 27.2 Å². The Balaban J connectivity index is 0. The van der Waals surface area contributed by atoms with Gasteiger partial charge in [0, 0.05) is 20.1 Å². The minimum absolute atomic E-state index is 0. The zero-order valence-corrected chi connectivity index (χ0v) is 10.9. The van der Waals surface area contributed by atoms with Crippen molar-refractivity contribution in [2.75, 3.05) is 19.8 Å². The smallest absolute Gasteiger partial charge is 0.0677 e. The Labute approximate surface area is 102 Å². The maximum Gasteiger partial charge on any atom is 0.0677 e. The Morgan fingerprint density at radius 2 is 1.94 bits per heavy atom. The molecule has 2 heteroatoms. The summed E-state index contributed by atoms with van der Waals surface area (Å²) in [5.74, 6) is 0.492. The second-order valence-corrected chi connectivity index (χ2v) is 4.53. The average molecular weight is 225 g/mol. The molecule has 0 saturated heterocycles. The van der Waals surface area contributed by atoms with Crippen LogP contribution in [0.3, 0.4) is 0 Å². The third kappa shape index (κ3) is 8.30. The van der Waals surface area contributed by atoms with Gasteiger partial charge >= 0.3 is 0 Å². The van der Waals surface area contributed by atoms with E-state index in [1.54, 1.807) is 0 Å². The highest BCUT2D eigenvalue weighted by Crippen LogP contribution is 2.06. The van der Waals surface area contributed by atoms with Gasteiger partial charge in [-0.25, -0.2) is 0 Å². The summed E-state index contributed by atoms with van der Waals surface area (Å²) in [6.07, 6.45) is 0.832. The minimum atomic E-state index is 0. The fourth-order valence-electron chi connectivity index (χ4n) is 1.10. The van der Waals surface area contributed by atoms with E-state index < -0.39 is 0 Å². The van der Waals surface area contributed by atoms with Crippen LogP contribution in [0, 0.1) is 5.92 Å². The quantitative estimate of drug-likeness (QED) is 0.479. The van der Waals surface area contributed by atoms with Crippen LogP contribution in [0.15, 0.2) is 36.6 Å². The van der Waals surface area contributed by atoms with Gasteiger partial charge in [0.2, 0.25) is 0 Å². The molecule has 0 atom stereocenters. The van der Waals surface area contributed by atoms with Gasteiger partial charge in [-0.05, 0) is 18.4 Å². The molecule has 16 heavy (non-hydrogen) atoms. The molecule has 0 saturated carbocycles. The van der Waals surface area contributed by atoms with Gasteiger partial charge in [0.25, 0.3) is 0 Å². The lowest BCUT2D eigenvalue weighted by Crippen LogP contribution is -2.19. The highest BCUT2D eigenvalue weighted by atomic mass is 16.5. The fourth-order valence-corrected chi connectivity index (χ4v) is 1.10. The van der Waals surface area contributed by atoms with Crippen molar-refractivity contribution in [2.24, 2.45) is 5.92 Å². The Morgan fingerprint density at radius 1 is 1.31 bits per heavy atom. The second-order valence-electron chi connectivity index (χ2n) is 4.53. The largest absolute Gasteiger partial charge is 0.386 e. The molecule has 1 N–H and O–H groups in total. The van der Waals surface area contributed by atoms with E-state index in [0.717, 1.165) is 29.8 Å². The van der Waals surface area contributed by atoms with Crippen LogP contribution in [-0.2, 0) is 4.74 Å². The van der Waals surface area contributed by atoms with Gasteiger partial charge in [-0.2, -0.15) is 0 Å². The minimum Gasteiger partial charge on any atom is -0.386 e. The van der Waals surface area contributed by atoms with Crippen LogP contribution in [0.2, 0.25) is 0 Å². The van der Waals surface area contributed by atoms with Crippen molar-refractivity contribution in [3.63, 3.8) is 0 Å². The van der Waals surface area contributed by atoms with Crippen LogP contribution < -0.4 is 5.32 Å². The lowest BCUT2D eigenvalue weighted by Gasteiger charge is -2.12. The van der Waals surface area contributed by atoms with Crippen LogP contribution in [0.4, 0.5) is 0 Å². The molecule has 0 aromatic heterocycles. The molecule has 0 heterocycles. The Kier molecular flexibility index (Phi) is 7.65. The molecule has 0 aromatic rings. The number of hydrogen-bond acceptors (Lipinski definition) is 2. The molecule has 0 spiro atoms. The van der Waals surface area contributed by atoms with Crippen LogP contribution in [0.5, 0.6) is 0 Å². The lowest BCUT2D eigenvalue weighted by atomic mass is 10.1. The van der Waals surface area contributed by atoms with E-state index in [-0.39, 0.29) is 1.43 Å². The van der Waals surface area contributed by atoms with E-state index in [4.69, 9.17) is 4.74 Å². The Hall–Kier alpha value is -1.02. The van der Waals surface area contributed by atoms with Gasteiger partial charge < -0.3 is 10.1 Å². The third-order valence-electron chi connectivity index (χ3n) is 2.24. The topological polar surface area (TPSA) is 21.3 Å². The van der Waals surface area contributed by atoms with E-state index in [1.165, 1.54) is 0 Å². The SMILES string of the molecule is C=C(C)CC(=C)NCCOCC(=C)C(C)C.[HH]. The Morgan fingerprint density at radius 3 is 2.44 bits per heavy atom. The lowest BCUT2D eigenvalue weighted by molar-refractivity contribution is 0.154. The van der Waals surface area contributed by atoms with Crippen LogP contribution in [0.25, 0.3) is 0 Å². The summed E-state index contributed by atoms with van der Waals surface area (Å²) >= 11 is 0. The van der Waals surface area contributed by atoms with Crippen LogP contribution in [0.1, 0.15) is 28.6 Å². The van der Waals surface area contributed by atoms with Crippen molar-refractivity contribution < 1.29 is 6.16 Å². The highest BCUT2D eigenvalue weighted by Gasteiger charge is 1.99. The number of allylic oxidation sites excluding steroid dienone is 1. The van der Waals surface area contributed by atoms with Crippen molar-refractivity contribution in [1.29, 1.82) is 0 Å². The molecular formula is C14H27NO. The first-order valence-corrected chi connectivity index (χ1v) is 5.75. The molecule has 0 fully saturated rings. The molecule has 0 rings (SSSR count).